The molecule has 33 heavy (non-hydrogen) atoms. The van der Waals surface area contributed by atoms with Crippen LogP contribution in [0.1, 0.15) is 42.0 Å². The van der Waals surface area contributed by atoms with Crippen LogP contribution in [-0.2, 0) is 20.8 Å². The van der Waals surface area contributed by atoms with E-state index in [4.69, 9.17) is 0 Å². The van der Waals surface area contributed by atoms with Crippen molar-refractivity contribution in [3.63, 3.8) is 0 Å². The average Bonchev–Trinajstić information content (AvgIpc) is 2.78. The highest BCUT2D eigenvalue weighted by molar-refractivity contribution is 7.92. The third-order valence-electron chi connectivity index (χ3n) is 6.10. The first-order valence-electron chi connectivity index (χ1n) is 10.7. The molecule has 1 heterocycles. The molecule has 1 unspecified atom stereocenters. The maximum atomic E-state index is 13.8. The highest BCUT2D eigenvalue weighted by Crippen LogP contribution is 2.48. The van der Waals surface area contributed by atoms with E-state index in [0.29, 0.717) is 17.5 Å². The minimum Gasteiger partial charge on any atom is -0.255 e. The van der Waals surface area contributed by atoms with E-state index in [-0.39, 0.29) is 23.1 Å². The number of fused-ring (bicyclic) bond motifs is 1. The number of sulfone groups is 1. The van der Waals surface area contributed by atoms with E-state index in [9.17, 15) is 21.6 Å². The molecule has 3 aromatic rings. The predicted molar refractivity (Wildman–Crippen MR) is 125 cm³/mol. The van der Waals surface area contributed by atoms with Gasteiger partial charge in [0, 0.05) is 18.0 Å². The molecule has 0 amide bonds. The van der Waals surface area contributed by atoms with Gasteiger partial charge in [0.25, 0.3) is 0 Å². The Labute approximate surface area is 191 Å². The number of allylic oxidation sites excluding steroid dienone is 3. The largest absolute Gasteiger partial charge is 0.418 e. The lowest BCUT2D eigenvalue weighted by Crippen LogP contribution is -2.38. The van der Waals surface area contributed by atoms with E-state index in [1.54, 1.807) is 26.0 Å². The van der Waals surface area contributed by atoms with Gasteiger partial charge < -0.3 is 0 Å². The third-order valence-corrected chi connectivity index (χ3v) is 8.64. The van der Waals surface area contributed by atoms with Crippen LogP contribution in [0.2, 0.25) is 0 Å². The van der Waals surface area contributed by atoms with Crippen molar-refractivity contribution in [2.45, 2.75) is 37.6 Å². The summed E-state index contributed by atoms with van der Waals surface area (Å²) in [5, 5.41) is 0.212. The second-order valence-electron chi connectivity index (χ2n) is 8.32. The van der Waals surface area contributed by atoms with Gasteiger partial charge in [-0.25, -0.2) is 8.42 Å². The summed E-state index contributed by atoms with van der Waals surface area (Å²) < 4.78 is 67.4. The van der Waals surface area contributed by atoms with Crippen LogP contribution in [0.15, 0.2) is 73.0 Å². The first-order valence-corrected chi connectivity index (χ1v) is 12.4. The summed E-state index contributed by atoms with van der Waals surface area (Å²) in [4.78, 5) is 4.09. The Bertz CT molecular complexity index is 1360. The van der Waals surface area contributed by atoms with Gasteiger partial charge in [-0.3, -0.25) is 4.98 Å². The second kappa shape index (κ2) is 8.45. The first kappa shape index (κ1) is 23.2. The minimum absolute atomic E-state index is 0.0817. The van der Waals surface area contributed by atoms with Crippen molar-refractivity contribution in [2.24, 2.45) is 0 Å². The number of alkyl halides is 3. The number of pyridine rings is 1. The Balaban J connectivity index is 2.05. The van der Waals surface area contributed by atoms with Crippen LogP contribution in [0.3, 0.4) is 0 Å². The maximum Gasteiger partial charge on any atom is 0.418 e. The Morgan fingerprint density at radius 3 is 2.45 bits per heavy atom. The number of para-hydroxylation sites is 1. The van der Waals surface area contributed by atoms with Crippen molar-refractivity contribution in [1.29, 1.82) is 0 Å². The summed E-state index contributed by atoms with van der Waals surface area (Å²) in [6.07, 6.45) is 2.49. The fourth-order valence-electron chi connectivity index (χ4n) is 4.68. The van der Waals surface area contributed by atoms with Crippen LogP contribution >= 0.6 is 0 Å². The van der Waals surface area contributed by atoms with Crippen LogP contribution < -0.4 is 0 Å². The van der Waals surface area contributed by atoms with Crippen molar-refractivity contribution >= 4 is 26.3 Å². The summed E-state index contributed by atoms with van der Waals surface area (Å²) in [6.45, 7) is 3.49. The number of rotatable bonds is 5. The van der Waals surface area contributed by atoms with E-state index in [2.05, 4.69) is 4.98 Å². The maximum absolute atomic E-state index is 13.8. The molecule has 0 saturated carbocycles. The lowest BCUT2D eigenvalue weighted by atomic mass is 9.81. The molecule has 3 nitrogen and oxygen atoms in total. The Morgan fingerprint density at radius 1 is 1.06 bits per heavy atom. The molecular formula is C26H24F3NO2S. The molecule has 0 aliphatic heterocycles. The second-order valence-corrected chi connectivity index (χ2v) is 10.7. The molecule has 1 aromatic heterocycles. The molecule has 4 rings (SSSR count). The molecule has 7 heteroatoms. The van der Waals surface area contributed by atoms with E-state index in [0.717, 1.165) is 17.2 Å². The molecule has 1 atom stereocenters. The van der Waals surface area contributed by atoms with Gasteiger partial charge in [-0.15, -0.1) is 0 Å². The molecule has 0 bridgehead atoms. The zero-order chi connectivity index (χ0) is 23.9. The molecule has 0 N–H and O–H groups in total. The van der Waals surface area contributed by atoms with Gasteiger partial charge in [0.2, 0.25) is 0 Å². The topological polar surface area (TPSA) is 47.0 Å². The van der Waals surface area contributed by atoms with E-state index in [1.165, 1.54) is 18.3 Å². The molecule has 172 valence electrons. The Morgan fingerprint density at radius 2 is 1.79 bits per heavy atom. The van der Waals surface area contributed by atoms with Crippen molar-refractivity contribution in [1.82, 2.24) is 4.98 Å². The SMILES string of the molecule is CCCS(=O)(=O)C1(c2c(C)cnc3c(C(F)(F)F)cccc23)C=CC=C(c2ccccc2)C1. The van der Waals surface area contributed by atoms with Gasteiger partial charge in [-0.1, -0.05) is 67.6 Å². The zero-order valence-corrected chi connectivity index (χ0v) is 19.2. The summed E-state index contributed by atoms with van der Waals surface area (Å²) >= 11 is 0. The number of aryl methyl sites for hydroxylation is 1. The van der Waals surface area contributed by atoms with Gasteiger partial charge >= 0.3 is 6.18 Å². The quantitative estimate of drug-likeness (QED) is 0.420. The highest BCUT2D eigenvalue weighted by atomic mass is 32.2. The molecule has 0 fully saturated rings. The van der Waals surface area contributed by atoms with Crippen molar-refractivity contribution < 1.29 is 21.6 Å². The lowest BCUT2D eigenvalue weighted by Gasteiger charge is -2.36. The van der Waals surface area contributed by atoms with Crippen LogP contribution in [0.5, 0.6) is 0 Å². The summed E-state index contributed by atoms with van der Waals surface area (Å²) in [5.41, 5.74) is 1.49. The number of benzene rings is 2. The number of halogens is 3. The van der Waals surface area contributed by atoms with Crippen molar-refractivity contribution in [3.05, 3.63) is 95.2 Å². The van der Waals surface area contributed by atoms with Gasteiger partial charge in [0.15, 0.2) is 9.84 Å². The fraction of sp³-hybridized carbons (Fsp3) is 0.269. The number of hydrogen-bond donors (Lipinski definition) is 0. The molecule has 0 saturated heterocycles. The van der Waals surface area contributed by atoms with Crippen molar-refractivity contribution in [3.8, 4) is 0 Å². The van der Waals surface area contributed by atoms with Gasteiger partial charge in [0.1, 0.15) is 4.75 Å². The summed E-state index contributed by atoms with van der Waals surface area (Å²) in [7, 11) is -3.79. The molecule has 1 aliphatic carbocycles. The molecule has 0 radical (unpaired) electrons. The third kappa shape index (κ3) is 3.99. The number of nitrogens with zero attached hydrogens (tertiary/aromatic N) is 1. The van der Waals surface area contributed by atoms with E-state index < -0.39 is 26.3 Å². The Hall–Kier alpha value is -2.93. The minimum atomic E-state index is -4.61. The van der Waals surface area contributed by atoms with E-state index in [1.807, 2.05) is 36.4 Å². The van der Waals surface area contributed by atoms with Crippen LogP contribution in [0, 0.1) is 6.92 Å². The predicted octanol–water partition coefficient (Wildman–Crippen LogP) is 6.63. The highest BCUT2D eigenvalue weighted by Gasteiger charge is 2.47. The molecule has 1 aliphatic rings. The Kier molecular flexibility index (Phi) is 5.95. The standard InChI is InChI=1S/C26H24F3NO2S/c1-3-15-33(31,32)25(14-8-11-20(16-25)19-9-5-4-6-10-19)23-18(2)17-30-24-21(23)12-7-13-22(24)26(27,28)29/h4-14,17H,3,15-16H2,1-2H3. The monoisotopic (exact) mass is 471 g/mol. The van der Waals surface area contributed by atoms with Gasteiger partial charge in [0.05, 0.1) is 16.8 Å². The zero-order valence-electron chi connectivity index (χ0n) is 18.4. The summed E-state index contributed by atoms with van der Waals surface area (Å²) in [5.74, 6) is -0.0817. The van der Waals surface area contributed by atoms with Crippen LogP contribution in [-0.4, -0.2) is 19.2 Å². The van der Waals surface area contributed by atoms with Crippen LogP contribution in [0.25, 0.3) is 16.5 Å². The number of hydrogen-bond acceptors (Lipinski definition) is 3. The average molecular weight is 472 g/mol. The van der Waals surface area contributed by atoms with Crippen molar-refractivity contribution in [2.75, 3.05) is 5.75 Å². The van der Waals surface area contributed by atoms with E-state index >= 15 is 0 Å². The fourth-order valence-corrected chi connectivity index (χ4v) is 6.82. The molecule has 2 aromatic carbocycles. The molecular weight excluding hydrogens is 447 g/mol. The smallest absolute Gasteiger partial charge is 0.255 e. The van der Waals surface area contributed by atoms with Gasteiger partial charge in [-0.05, 0) is 41.7 Å². The summed E-state index contributed by atoms with van der Waals surface area (Å²) in [6, 6.07) is 13.3. The molecule has 0 spiro atoms. The normalized spacial score (nSPS) is 19.0. The first-order chi connectivity index (χ1) is 15.6. The van der Waals surface area contributed by atoms with Gasteiger partial charge in [-0.2, -0.15) is 13.2 Å². The lowest BCUT2D eigenvalue weighted by molar-refractivity contribution is -0.136. The number of aromatic nitrogens is 1. The van der Waals surface area contributed by atoms with Crippen LogP contribution in [0.4, 0.5) is 13.2 Å².